The third-order valence-electron chi connectivity index (χ3n) is 2.60. The van der Waals surface area contributed by atoms with Gasteiger partial charge in [-0.05, 0) is 18.6 Å². The molecule has 1 aromatic heterocycles. The van der Waals surface area contributed by atoms with Crippen LogP contribution in [0.1, 0.15) is 5.56 Å². The van der Waals surface area contributed by atoms with Crippen LogP contribution in [-0.2, 0) is 4.79 Å². The third-order valence-corrected chi connectivity index (χ3v) is 3.54. The number of thioether (sulfide) groups is 1. The summed E-state index contributed by atoms with van der Waals surface area (Å²) in [6.07, 6.45) is 1.17. The fourth-order valence-corrected chi connectivity index (χ4v) is 2.35. The van der Waals surface area contributed by atoms with Crippen LogP contribution in [0, 0.1) is 18.6 Å². The van der Waals surface area contributed by atoms with Gasteiger partial charge in [-0.25, -0.2) is 8.78 Å². The van der Waals surface area contributed by atoms with Gasteiger partial charge in [0.1, 0.15) is 11.5 Å². The van der Waals surface area contributed by atoms with Crippen molar-refractivity contribution in [3.63, 3.8) is 0 Å². The second-order valence-electron chi connectivity index (χ2n) is 4.13. The van der Waals surface area contributed by atoms with Gasteiger partial charge in [0, 0.05) is 12.3 Å². The quantitative estimate of drug-likeness (QED) is 0.690. The fourth-order valence-electron chi connectivity index (χ4n) is 1.65. The van der Waals surface area contributed by atoms with Crippen molar-refractivity contribution in [1.82, 2.24) is 9.55 Å². The van der Waals surface area contributed by atoms with Gasteiger partial charge in [-0.3, -0.25) is 14.2 Å². The summed E-state index contributed by atoms with van der Waals surface area (Å²) in [5.41, 5.74) is -0.790. The van der Waals surface area contributed by atoms with E-state index in [4.69, 9.17) is 5.11 Å². The number of benzene rings is 1. The summed E-state index contributed by atoms with van der Waals surface area (Å²) in [4.78, 5) is 25.5. The van der Waals surface area contributed by atoms with Gasteiger partial charge in [-0.1, -0.05) is 17.8 Å². The number of carbonyl (C=O) groups is 1. The highest BCUT2D eigenvalue weighted by Gasteiger charge is 2.17. The Balaban J connectivity index is 2.61. The normalized spacial score (nSPS) is 10.6. The molecule has 0 radical (unpaired) electrons. The van der Waals surface area contributed by atoms with Crippen LogP contribution in [0.3, 0.4) is 0 Å². The van der Waals surface area contributed by atoms with Crippen molar-refractivity contribution in [3.05, 3.63) is 51.9 Å². The summed E-state index contributed by atoms with van der Waals surface area (Å²) in [6.45, 7) is 1.47. The standard InChI is InChI=1S/C13H10F2N2O3S/c1-7-2-3-8(14)12(11(7)15)17-5-4-9(18)16-13(17)21-6-10(19)20/h2-5H,6H2,1H3,(H,19,20). The topological polar surface area (TPSA) is 72.2 Å². The average molecular weight is 312 g/mol. The van der Waals surface area contributed by atoms with Crippen molar-refractivity contribution < 1.29 is 18.7 Å². The lowest BCUT2D eigenvalue weighted by molar-refractivity contribution is -0.133. The van der Waals surface area contributed by atoms with Crippen molar-refractivity contribution in [2.24, 2.45) is 0 Å². The number of rotatable bonds is 4. The van der Waals surface area contributed by atoms with E-state index in [1.165, 1.54) is 19.2 Å². The smallest absolute Gasteiger partial charge is 0.313 e. The van der Waals surface area contributed by atoms with Crippen molar-refractivity contribution in [2.45, 2.75) is 12.1 Å². The number of carboxylic acids is 1. The maximum Gasteiger partial charge on any atom is 0.313 e. The Kier molecular flexibility index (Phi) is 4.37. The number of halogens is 2. The Labute approximate surface area is 122 Å². The number of aliphatic carboxylic acids is 1. The summed E-state index contributed by atoms with van der Waals surface area (Å²) in [5.74, 6) is -3.14. The number of nitrogens with zero attached hydrogens (tertiary/aromatic N) is 2. The molecular formula is C13H10F2N2O3S. The van der Waals surface area contributed by atoms with Gasteiger partial charge in [0.05, 0.1) is 5.75 Å². The highest BCUT2D eigenvalue weighted by atomic mass is 32.2. The van der Waals surface area contributed by atoms with E-state index in [9.17, 15) is 18.4 Å². The van der Waals surface area contributed by atoms with Crippen molar-refractivity contribution in [1.29, 1.82) is 0 Å². The second-order valence-corrected chi connectivity index (χ2v) is 5.07. The molecule has 2 rings (SSSR count). The molecule has 0 saturated carbocycles. The van der Waals surface area contributed by atoms with Gasteiger partial charge < -0.3 is 5.11 Å². The molecule has 0 unspecified atom stereocenters. The van der Waals surface area contributed by atoms with Crippen LogP contribution in [0.5, 0.6) is 0 Å². The van der Waals surface area contributed by atoms with Crippen LogP contribution >= 0.6 is 11.8 Å². The average Bonchev–Trinajstić information content (AvgIpc) is 2.43. The van der Waals surface area contributed by atoms with E-state index < -0.39 is 28.9 Å². The van der Waals surface area contributed by atoms with E-state index >= 15 is 0 Å². The molecule has 0 spiro atoms. The van der Waals surface area contributed by atoms with Crippen molar-refractivity contribution >= 4 is 17.7 Å². The zero-order valence-corrected chi connectivity index (χ0v) is 11.7. The summed E-state index contributed by atoms with van der Waals surface area (Å²) in [6, 6.07) is 3.43. The molecule has 0 fully saturated rings. The van der Waals surface area contributed by atoms with Crippen LogP contribution in [0.25, 0.3) is 5.69 Å². The first-order valence-electron chi connectivity index (χ1n) is 5.79. The lowest BCUT2D eigenvalue weighted by atomic mass is 10.2. The fraction of sp³-hybridized carbons (Fsp3) is 0.154. The van der Waals surface area contributed by atoms with Crippen molar-refractivity contribution in [2.75, 3.05) is 5.75 Å². The van der Waals surface area contributed by atoms with E-state index in [0.29, 0.717) is 11.8 Å². The Hall–Kier alpha value is -2.22. The van der Waals surface area contributed by atoms with Gasteiger partial charge in [0.15, 0.2) is 11.0 Å². The van der Waals surface area contributed by atoms with E-state index in [1.807, 2.05) is 0 Å². The second kappa shape index (κ2) is 6.04. The van der Waals surface area contributed by atoms with E-state index in [-0.39, 0.29) is 16.5 Å². The van der Waals surface area contributed by atoms with E-state index in [0.717, 1.165) is 16.7 Å². The molecule has 1 heterocycles. The van der Waals surface area contributed by atoms with Crippen LogP contribution < -0.4 is 5.56 Å². The third kappa shape index (κ3) is 3.27. The minimum absolute atomic E-state index is 0.0895. The van der Waals surface area contributed by atoms with Gasteiger partial charge >= 0.3 is 5.97 Å². The maximum absolute atomic E-state index is 14.1. The predicted molar refractivity (Wildman–Crippen MR) is 72.8 cm³/mol. The van der Waals surface area contributed by atoms with Crippen molar-refractivity contribution in [3.8, 4) is 5.69 Å². The van der Waals surface area contributed by atoms with E-state index in [2.05, 4.69) is 4.98 Å². The molecule has 0 aliphatic rings. The molecule has 0 amide bonds. The Morgan fingerprint density at radius 1 is 1.38 bits per heavy atom. The Morgan fingerprint density at radius 2 is 2.10 bits per heavy atom. The summed E-state index contributed by atoms with van der Waals surface area (Å²) < 4.78 is 29.1. The molecular weight excluding hydrogens is 302 g/mol. The lowest BCUT2D eigenvalue weighted by Gasteiger charge is -2.13. The number of carboxylic acid groups (broad SMARTS) is 1. The molecule has 110 valence electrons. The van der Waals surface area contributed by atoms with Crippen LogP contribution in [0.4, 0.5) is 8.78 Å². The van der Waals surface area contributed by atoms with Crippen LogP contribution in [0.15, 0.2) is 34.3 Å². The number of aromatic nitrogens is 2. The predicted octanol–water partition coefficient (Wildman–Crippen LogP) is 2.00. The largest absolute Gasteiger partial charge is 0.481 e. The Morgan fingerprint density at radius 3 is 2.76 bits per heavy atom. The minimum Gasteiger partial charge on any atom is -0.481 e. The number of aryl methyl sites for hydroxylation is 1. The molecule has 1 N–H and O–H groups in total. The van der Waals surface area contributed by atoms with Gasteiger partial charge in [0.2, 0.25) is 0 Å². The molecule has 0 saturated heterocycles. The molecule has 0 atom stereocenters. The first kappa shape index (κ1) is 15.2. The molecule has 0 aliphatic carbocycles. The molecule has 8 heteroatoms. The minimum atomic E-state index is -1.13. The summed E-state index contributed by atoms with van der Waals surface area (Å²) >= 11 is 0.706. The molecule has 1 aromatic carbocycles. The summed E-state index contributed by atoms with van der Waals surface area (Å²) in [7, 11) is 0. The van der Waals surface area contributed by atoms with Crippen LogP contribution in [0.2, 0.25) is 0 Å². The Bertz CT molecular complexity index is 762. The SMILES string of the molecule is Cc1ccc(F)c(-n2ccc(=O)nc2SCC(=O)O)c1F. The zero-order chi connectivity index (χ0) is 15.6. The monoisotopic (exact) mass is 312 g/mol. The number of hydrogen-bond donors (Lipinski definition) is 1. The van der Waals surface area contributed by atoms with Gasteiger partial charge in [-0.2, -0.15) is 4.98 Å². The lowest BCUT2D eigenvalue weighted by Crippen LogP contribution is -2.15. The van der Waals surface area contributed by atoms with Crippen LogP contribution in [-0.4, -0.2) is 26.4 Å². The van der Waals surface area contributed by atoms with Gasteiger partial charge in [0.25, 0.3) is 5.56 Å². The molecule has 5 nitrogen and oxygen atoms in total. The zero-order valence-electron chi connectivity index (χ0n) is 10.8. The summed E-state index contributed by atoms with van der Waals surface area (Å²) in [5, 5.41) is 8.59. The highest BCUT2D eigenvalue weighted by molar-refractivity contribution is 7.99. The van der Waals surface area contributed by atoms with E-state index in [1.54, 1.807) is 0 Å². The first-order valence-corrected chi connectivity index (χ1v) is 6.78. The molecule has 21 heavy (non-hydrogen) atoms. The number of hydrogen-bond acceptors (Lipinski definition) is 4. The molecule has 0 aliphatic heterocycles. The highest BCUT2D eigenvalue weighted by Crippen LogP contribution is 2.24. The molecule has 2 aromatic rings. The maximum atomic E-state index is 14.1. The molecule has 0 bridgehead atoms. The first-order chi connectivity index (χ1) is 9.90. The van der Waals surface area contributed by atoms with Gasteiger partial charge in [-0.15, -0.1) is 0 Å².